The van der Waals surface area contributed by atoms with Crippen molar-refractivity contribution in [3.05, 3.63) is 81.0 Å². The molecule has 0 fully saturated rings. The van der Waals surface area contributed by atoms with Gasteiger partial charge in [0.15, 0.2) is 12.4 Å². The Kier molecular flexibility index (Phi) is 5.24. The van der Waals surface area contributed by atoms with Crippen LogP contribution in [0, 0.1) is 17.0 Å². The molecule has 0 bridgehead atoms. The second-order valence-electron chi connectivity index (χ2n) is 7.50. The van der Waals surface area contributed by atoms with Crippen LogP contribution in [-0.2, 0) is 14.9 Å². The number of nitro benzene ring substituents is 1. The van der Waals surface area contributed by atoms with Gasteiger partial charge in [0.05, 0.1) is 4.92 Å². The largest absolute Gasteiger partial charge is 0.454 e. The van der Waals surface area contributed by atoms with Crippen LogP contribution in [0.4, 0.5) is 11.4 Å². The average Bonchev–Trinajstić information content (AvgIpc) is 2.86. The van der Waals surface area contributed by atoms with Crippen molar-refractivity contribution in [3.8, 4) is 0 Å². The zero-order chi connectivity index (χ0) is 21.3. The molecule has 1 heterocycles. The summed E-state index contributed by atoms with van der Waals surface area (Å²) in [5.41, 5.74) is 2.42. The maximum absolute atomic E-state index is 12.5. The van der Waals surface area contributed by atoms with Crippen molar-refractivity contribution in [2.75, 3.05) is 18.6 Å². The summed E-state index contributed by atoms with van der Waals surface area (Å²) in [6.07, 6.45) is 1.47. The molecule has 0 radical (unpaired) electrons. The number of benzene rings is 2. The SMILES string of the molecule is Cc1cccc(C(=O)OCC(=O)C=C2N(C)c3ccccc3C2(C)C)c1[N+](=O)[O-]. The first-order valence-corrected chi connectivity index (χ1v) is 9.14. The molecule has 0 spiro atoms. The number of ketones is 1. The molecule has 7 heteroatoms. The molecule has 0 aromatic heterocycles. The molecule has 1 aliphatic rings. The third-order valence-corrected chi connectivity index (χ3v) is 5.22. The van der Waals surface area contributed by atoms with Crippen LogP contribution in [0.5, 0.6) is 0 Å². The van der Waals surface area contributed by atoms with E-state index in [0.717, 1.165) is 16.9 Å². The van der Waals surface area contributed by atoms with Crippen molar-refractivity contribution in [1.29, 1.82) is 0 Å². The molecular weight excluding hydrogens is 372 g/mol. The molecule has 1 aliphatic heterocycles. The van der Waals surface area contributed by atoms with Gasteiger partial charge >= 0.3 is 5.97 Å². The van der Waals surface area contributed by atoms with Gasteiger partial charge in [0, 0.05) is 35.5 Å². The number of aryl methyl sites for hydroxylation is 1. The molecule has 0 N–H and O–H groups in total. The molecule has 0 atom stereocenters. The van der Waals surface area contributed by atoms with Gasteiger partial charge in [0.1, 0.15) is 5.56 Å². The number of hydrogen-bond donors (Lipinski definition) is 0. The minimum Gasteiger partial charge on any atom is -0.454 e. The highest BCUT2D eigenvalue weighted by Gasteiger charge is 2.38. The summed E-state index contributed by atoms with van der Waals surface area (Å²) in [7, 11) is 1.88. The van der Waals surface area contributed by atoms with Gasteiger partial charge in [-0.2, -0.15) is 0 Å². The Morgan fingerprint density at radius 2 is 1.86 bits per heavy atom. The van der Waals surface area contributed by atoms with Gasteiger partial charge in [0.2, 0.25) is 0 Å². The number of allylic oxidation sites excluding steroid dienone is 1. The third-order valence-electron chi connectivity index (χ3n) is 5.22. The molecule has 3 rings (SSSR count). The summed E-state index contributed by atoms with van der Waals surface area (Å²) < 4.78 is 5.07. The first kappa shape index (κ1) is 20.3. The molecule has 150 valence electrons. The summed E-state index contributed by atoms with van der Waals surface area (Å²) in [4.78, 5) is 37.4. The smallest absolute Gasteiger partial charge is 0.345 e. The zero-order valence-corrected chi connectivity index (χ0v) is 16.8. The lowest BCUT2D eigenvalue weighted by atomic mass is 9.83. The number of para-hydroxylation sites is 2. The van der Waals surface area contributed by atoms with Crippen molar-refractivity contribution in [2.45, 2.75) is 26.2 Å². The lowest BCUT2D eigenvalue weighted by molar-refractivity contribution is -0.385. The van der Waals surface area contributed by atoms with Crippen molar-refractivity contribution in [1.82, 2.24) is 0 Å². The highest BCUT2D eigenvalue weighted by molar-refractivity contribution is 5.98. The molecule has 29 heavy (non-hydrogen) atoms. The third kappa shape index (κ3) is 3.63. The van der Waals surface area contributed by atoms with Crippen LogP contribution in [0.1, 0.15) is 35.3 Å². The summed E-state index contributed by atoms with van der Waals surface area (Å²) in [6, 6.07) is 12.3. The van der Waals surface area contributed by atoms with Crippen LogP contribution in [0.3, 0.4) is 0 Å². The van der Waals surface area contributed by atoms with E-state index in [0.29, 0.717) is 5.56 Å². The van der Waals surface area contributed by atoms with E-state index in [9.17, 15) is 19.7 Å². The van der Waals surface area contributed by atoms with Gasteiger partial charge in [-0.25, -0.2) is 4.79 Å². The standard InChI is InChI=1S/C22H22N2O5/c1-14-8-7-9-16(20(14)24(27)28)21(26)29-13-15(25)12-19-22(2,3)17-10-5-6-11-18(17)23(19)4/h5-12H,13H2,1-4H3. The van der Waals surface area contributed by atoms with Crippen LogP contribution in [0.15, 0.2) is 54.2 Å². The number of rotatable bonds is 5. The first-order valence-electron chi connectivity index (χ1n) is 9.14. The first-order chi connectivity index (χ1) is 13.6. The number of likely N-dealkylation sites (N-methyl/N-ethyl adjacent to an activating group) is 1. The van der Waals surface area contributed by atoms with E-state index in [-0.39, 0.29) is 16.7 Å². The topological polar surface area (TPSA) is 89.8 Å². The van der Waals surface area contributed by atoms with Gasteiger partial charge < -0.3 is 9.64 Å². The minimum absolute atomic E-state index is 0.166. The van der Waals surface area contributed by atoms with Gasteiger partial charge in [-0.15, -0.1) is 0 Å². The molecule has 0 aliphatic carbocycles. The van der Waals surface area contributed by atoms with Crippen molar-refractivity contribution in [3.63, 3.8) is 0 Å². The lowest BCUT2D eigenvalue weighted by Crippen LogP contribution is -2.25. The van der Waals surface area contributed by atoms with Crippen molar-refractivity contribution in [2.24, 2.45) is 0 Å². The van der Waals surface area contributed by atoms with Gasteiger partial charge in [-0.05, 0) is 24.6 Å². The Morgan fingerprint density at radius 1 is 1.17 bits per heavy atom. The second-order valence-corrected chi connectivity index (χ2v) is 7.50. The molecular formula is C22H22N2O5. The molecule has 7 nitrogen and oxygen atoms in total. The Morgan fingerprint density at radius 3 is 2.52 bits per heavy atom. The van der Waals surface area contributed by atoms with Gasteiger partial charge in [0.25, 0.3) is 5.69 Å². The van der Waals surface area contributed by atoms with E-state index in [4.69, 9.17) is 4.74 Å². The highest BCUT2D eigenvalue weighted by atomic mass is 16.6. The Balaban J connectivity index is 1.77. The lowest BCUT2D eigenvalue weighted by Gasteiger charge is -2.23. The van der Waals surface area contributed by atoms with E-state index >= 15 is 0 Å². The predicted octanol–water partition coefficient (Wildman–Crippen LogP) is 3.94. The molecule has 0 unspecified atom stereocenters. The summed E-state index contributed by atoms with van der Waals surface area (Å²) in [5.74, 6) is -1.29. The number of nitrogens with zero attached hydrogens (tertiary/aromatic N) is 2. The normalized spacial score (nSPS) is 15.9. The minimum atomic E-state index is -0.894. The van der Waals surface area contributed by atoms with Crippen molar-refractivity contribution >= 4 is 23.1 Å². The van der Waals surface area contributed by atoms with Crippen LogP contribution in [0.2, 0.25) is 0 Å². The molecule has 2 aromatic carbocycles. The number of anilines is 1. The number of ether oxygens (including phenoxy) is 1. The van der Waals surface area contributed by atoms with E-state index in [1.165, 1.54) is 18.2 Å². The number of carbonyl (C=O) groups excluding carboxylic acids is 2. The zero-order valence-electron chi connectivity index (χ0n) is 16.8. The molecule has 0 amide bonds. The highest BCUT2D eigenvalue weighted by Crippen LogP contribution is 2.46. The Labute approximate surface area is 168 Å². The Bertz CT molecular complexity index is 1040. The fourth-order valence-corrected chi connectivity index (χ4v) is 3.73. The average molecular weight is 394 g/mol. The number of fused-ring (bicyclic) bond motifs is 1. The van der Waals surface area contributed by atoms with E-state index in [2.05, 4.69) is 0 Å². The quantitative estimate of drug-likeness (QED) is 0.330. The maximum atomic E-state index is 12.5. The van der Waals surface area contributed by atoms with Crippen LogP contribution in [-0.4, -0.2) is 30.3 Å². The fraction of sp³-hybridized carbons (Fsp3) is 0.273. The van der Waals surface area contributed by atoms with Crippen LogP contribution in [0.25, 0.3) is 0 Å². The molecule has 0 saturated carbocycles. The summed E-state index contributed by atoms with van der Waals surface area (Å²) in [5, 5.41) is 11.2. The van der Waals surface area contributed by atoms with E-state index in [1.807, 2.05) is 50.1 Å². The molecule has 2 aromatic rings. The second kappa shape index (κ2) is 7.50. The number of carbonyl (C=O) groups is 2. The van der Waals surface area contributed by atoms with Crippen molar-refractivity contribution < 1.29 is 19.2 Å². The van der Waals surface area contributed by atoms with Gasteiger partial charge in [-0.1, -0.05) is 44.2 Å². The van der Waals surface area contributed by atoms with E-state index < -0.39 is 23.3 Å². The monoisotopic (exact) mass is 394 g/mol. The fourth-order valence-electron chi connectivity index (χ4n) is 3.73. The van der Waals surface area contributed by atoms with Crippen LogP contribution < -0.4 is 4.90 Å². The maximum Gasteiger partial charge on any atom is 0.345 e. The number of esters is 1. The molecule has 0 saturated heterocycles. The summed E-state index contributed by atoms with van der Waals surface area (Å²) >= 11 is 0. The number of nitro groups is 1. The Hall–Kier alpha value is -3.48. The van der Waals surface area contributed by atoms with E-state index in [1.54, 1.807) is 13.0 Å². The summed E-state index contributed by atoms with van der Waals surface area (Å²) in [6.45, 7) is 5.10. The van der Waals surface area contributed by atoms with Gasteiger partial charge in [-0.3, -0.25) is 14.9 Å². The number of hydrogen-bond acceptors (Lipinski definition) is 6. The predicted molar refractivity (Wildman–Crippen MR) is 109 cm³/mol. The van der Waals surface area contributed by atoms with Crippen LogP contribution >= 0.6 is 0 Å².